The number of nitrogens with zero attached hydrogens (tertiary/aromatic N) is 5. The van der Waals surface area contributed by atoms with E-state index in [0.717, 1.165) is 11.3 Å². The van der Waals surface area contributed by atoms with Gasteiger partial charge in [0.2, 0.25) is 5.91 Å². The number of para-hydroxylation sites is 1. The Hall–Kier alpha value is -3.91. The lowest BCUT2D eigenvalue weighted by atomic mass is 9.82. The fourth-order valence-corrected chi connectivity index (χ4v) is 10.6. The average Bonchev–Trinajstić information content (AvgIpc) is 3.71. The molecule has 2 aromatic carbocycles. The Labute approximate surface area is 281 Å². The number of carbonyl (C=O) groups is 3. The second-order valence-corrected chi connectivity index (χ2v) is 17.6. The van der Waals surface area contributed by atoms with Crippen molar-refractivity contribution in [1.82, 2.24) is 15.0 Å². The molecule has 1 saturated heterocycles. The standard InChI is InChI=1S/C35H45N5O7Si/c1-23-33(48(3,4)45)30(16-19-38-22-25(17-20-41)36-37-38)47-35(23)27-21-26(40-28-10-6-5-9-24(28)12-15-31(40)42)13-14-29(27)39(34(35)44)18-8-7-11-32(43)46-2/h5-6,9-10,13-14,21-23,30,33,41,45H,7-8,11-12,15-20H2,1-4H3/t23-,30+,33-,35+/m0/s1. The van der Waals surface area contributed by atoms with Crippen molar-refractivity contribution in [2.45, 2.75) is 88.8 Å². The zero-order valence-corrected chi connectivity index (χ0v) is 29.1. The summed E-state index contributed by atoms with van der Waals surface area (Å²) in [7, 11) is -1.54. The van der Waals surface area contributed by atoms with Crippen molar-refractivity contribution in [3.8, 4) is 0 Å². The minimum absolute atomic E-state index is 0.0138. The number of hydrogen-bond donors (Lipinski definition) is 2. The van der Waals surface area contributed by atoms with E-state index in [0.29, 0.717) is 74.2 Å². The number of aliphatic hydroxyl groups is 1. The summed E-state index contributed by atoms with van der Waals surface area (Å²) < 4.78 is 13.5. The third kappa shape index (κ3) is 6.08. The minimum atomic E-state index is -2.90. The van der Waals surface area contributed by atoms with Crippen molar-refractivity contribution in [3.63, 3.8) is 0 Å². The summed E-state index contributed by atoms with van der Waals surface area (Å²) in [6.07, 6.45) is 4.71. The molecule has 0 bridgehead atoms. The Morgan fingerprint density at radius 2 is 1.90 bits per heavy atom. The number of hydrogen-bond acceptors (Lipinski definition) is 9. The van der Waals surface area contributed by atoms with E-state index in [9.17, 15) is 24.3 Å². The van der Waals surface area contributed by atoms with Crippen LogP contribution in [0.2, 0.25) is 18.6 Å². The molecule has 3 aromatic rings. The number of aliphatic hydroxyl groups excluding tert-OH is 1. The van der Waals surface area contributed by atoms with Crippen molar-refractivity contribution in [2.75, 3.05) is 30.1 Å². The third-order valence-corrected chi connectivity index (χ3v) is 12.7. The molecule has 3 aliphatic heterocycles. The summed E-state index contributed by atoms with van der Waals surface area (Å²) >= 11 is 0. The van der Waals surface area contributed by atoms with Crippen molar-refractivity contribution in [3.05, 3.63) is 65.5 Å². The maximum absolute atomic E-state index is 14.8. The average molecular weight is 676 g/mol. The van der Waals surface area contributed by atoms with E-state index in [1.165, 1.54) is 7.11 Å². The number of aromatic nitrogens is 3. The maximum atomic E-state index is 14.8. The molecule has 0 radical (unpaired) electrons. The fraction of sp³-hybridized carbons (Fsp3) is 0.514. The predicted octanol–water partition coefficient (Wildman–Crippen LogP) is 4.00. The van der Waals surface area contributed by atoms with Crippen LogP contribution in [0.1, 0.15) is 55.8 Å². The van der Waals surface area contributed by atoms with Crippen LogP contribution < -0.4 is 9.80 Å². The Morgan fingerprint density at radius 1 is 1.10 bits per heavy atom. The zero-order valence-electron chi connectivity index (χ0n) is 28.1. The van der Waals surface area contributed by atoms with E-state index >= 15 is 0 Å². The van der Waals surface area contributed by atoms with Crippen LogP contribution in [0.25, 0.3) is 0 Å². The molecule has 1 spiro atoms. The molecular formula is C35H45N5O7Si. The molecule has 48 heavy (non-hydrogen) atoms. The molecule has 4 atom stereocenters. The molecule has 2 amide bonds. The van der Waals surface area contributed by atoms with E-state index < -0.39 is 20.0 Å². The van der Waals surface area contributed by atoms with Gasteiger partial charge in [0.05, 0.1) is 30.3 Å². The van der Waals surface area contributed by atoms with Gasteiger partial charge in [0.1, 0.15) is 0 Å². The van der Waals surface area contributed by atoms with Crippen LogP contribution >= 0.6 is 0 Å². The summed E-state index contributed by atoms with van der Waals surface area (Å²) in [5, 5.41) is 17.6. The molecule has 13 heteroatoms. The van der Waals surface area contributed by atoms with E-state index in [1.54, 1.807) is 20.7 Å². The second-order valence-electron chi connectivity index (χ2n) is 13.6. The molecule has 0 unspecified atom stereocenters. The number of esters is 1. The number of ether oxygens (including phenoxy) is 2. The number of benzene rings is 2. The molecule has 1 aromatic heterocycles. The van der Waals surface area contributed by atoms with Crippen molar-refractivity contribution in [1.29, 1.82) is 0 Å². The normalized spacial score (nSPS) is 23.6. The number of amides is 2. The van der Waals surface area contributed by atoms with E-state index in [1.807, 2.05) is 62.5 Å². The Bertz CT molecular complexity index is 1690. The largest absolute Gasteiger partial charge is 0.469 e. The van der Waals surface area contributed by atoms with Crippen LogP contribution in [0.15, 0.2) is 48.7 Å². The minimum Gasteiger partial charge on any atom is -0.469 e. The lowest BCUT2D eigenvalue weighted by Gasteiger charge is -2.33. The van der Waals surface area contributed by atoms with Gasteiger partial charge in [-0.1, -0.05) is 30.3 Å². The highest BCUT2D eigenvalue weighted by Gasteiger charge is 2.66. The van der Waals surface area contributed by atoms with Gasteiger partial charge >= 0.3 is 5.97 Å². The fourth-order valence-electron chi connectivity index (χ4n) is 7.99. The number of carbonyl (C=O) groups excluding carboxylic acids is 3. The van der Waals surface area contributed by atoms with Gasteiger partial charge in [-0.25, -0.2) is 0 Å². The van der Waals surface area contributed by atoms with Crippen LogP contribution in [-0.2, 0) is 48.8 Å². The van der Waals surface area contributed by atoms with Gasteiger partial charge in [0, 0.05) is 67.9 Å². The van der Waals surface area contributed by atoms with Gasteiger partial charge in [-0.3, -0.25) is 24.0 Å². The first kappa shape index (κ1) is 34.0. The SMILES string of the molecule is COC(=O)CCCCN1C(=O)[C@]2(O[C@H](CCn3cc(CCO)nn3)[C@@H]([Si](C)(C)O)[C@@H]2C)c2cc(N3C(=O)CCc4ccccc43)ccc21. The maximum Gasteiger partial charge on any atom is 0.305 e. The molecule has 12 nitrogen and oxygen atoms in total. The van der Waals surface area contributed by atoms with E-state index in [-0.39, 0.29) is 42.3 Å². The van der Waals surface area contributed by atoms with Gasteiger partial charge in [-0.15, -0.1) is 5.10 Å². The number of aryl methyl sites for hydroxylation is 2. The molecule has 1 fully saturated rings. The van der Waals surface area contributed by atoms with Gasteiger partial charge in [0.15, 0.2) is 13.9 Å². The van der Waals surface area contributed by atoms with Crippen molar-refractivity contribution >= 4 is 43.2 Å². The second kappa shape index (κ2) is 13.5. The number of fused-ring (bicyclic) bond motifs is 3. The molecule has 0 saturated carbocycles. The summed E-state index contributed by atoms with van der Waals surface area (Å²) in [5.41, 5.74) is 3.03. The molecular weight excluding hydrogens is 630 g/mol. The van der Waals surface area contributed by atoms with Crippen molar-refractivity contribution < 1.29 is 33.8 Å². The Balaban J connectivity index is 1.39. The number of methoxy groups -OCH3 is 1. The topological polar surface area (TPSA) is 147 Å². The summed E-state index contributed by atoms with van der Waals surface area (Å²) in [6, 6.07) is 13.6. The first-order valence-corrected chi connectivity index (χ1v) is 19.9. The first-order chi connectivity index (χ1) is 23.0. The number of anilines is 3. The number of rotatable bonds is 12. The van der Waals surface area contributed by atoms with Crippen LogP contribution in [0, 0.1) is 5.92 Å². The smallest absolute Gasteiger partial charge is 0.305 e. The monoisotopic (exact) mass is 675 g/mol. The molecule has 6 rings (SSSR count). The van der Waals surface area contributed by atoms with Crippen LogP contribution in [0.3, 0.4) is 0 Å². The Kier molecular flexibility index (Phi) is 9.58. The van der Waals surface area contributed by atoms with Crippen LogP contribution in [-0.4, -0.2) is 77.4 Å². The summed E-state index contributed by atoms with van der Waals surface area (Å²) in [4.78, 5) is 55.2. The number of unbranched alkanes of at least 4 members (excludes halogenated alkanes) is 1. The molecule has 4 heterocycles. The zero-order chi connectivity index (χ0) is 34.2. The van der Waals surface area contributed by atoms with Gasteiger partial charge in [-0.05, 0) is 68.6 Å². The van der Waals surface area contributed by atoms with E-state index in [4.69, 9.17) is 9.47 Å². The Morgan fingerprint density at radius 3 is 2.65 bits per heavy atom. The lowest BCUT2D eigenvalue weighted by molar-refractivity contribution is -0.146. The highest BCUT2D eigenvalue weighted by atomic mass is 28.4. The van der Waals surface area contributed by atoms with Gasteiger partial charge in [-0.2, -0.15) is 0 Å². The molecule has 256 valence electrons. The van der Waals surface area contributed by atoms with E-state index in [2.05, 4.69) is 10.3 Å². The molecule has 0 aliphatic carbocycles. The first-order valence-electron chi connectivity index (χ1n) is 16.8. The quantitative estimate of drug-likeness (QED) is 0.165. The van der Waals surface area contributed by atoms with Crippen molar-refractivity contribution in [2.24, 2.45) is 5.92 Å². The summed E-state index contributed by atoms with van der Waals surface area (Å²) in [6.45, 7) is 6.61. The summed E-state index contributed by atoms with van der Waals surface area (Å²) in [5.74, 6) is -0.872. The highest BCUT2D eigenvalue weighted by Crippen LogP contribution is 2.60. The molecule has 3 aliphatic rings. The van der Waals surface area contributed by atoms with Crippen LogP contribution in [0.4, 0.5) is 17.1 Å². The van der Waals surface area contributed by atoms with Gasteiger partial charge < -0.3 is 24.3 Å². The third-order valence-electron chi connectivity index (χ3n) is 10.2. The predicted molar refractivity (Wildman–Crippen MR) is 181 cm³/mol. The molecule has 2 N–H and O–H groups in total. The lowest BCUT2D eigenvalue weighted by Crippen LogP contribution is -2.46. The van der Waals surface area contributed by atoms with Gasteiger partial charge in [0.25, 0.3) is 5.91 Å². The highest BCUT2D eigenvalue weighted by molar-refractivity contribution is 6.71. The van der Waals surface area contributed by atoms with Crippen LogP contribution in [0.5, 0.6) is 0 Å².